The maximum Gasteiger partial charge on any atom is 0.234 e. The Labute approximate surface area is 95.8 Å². The van der Waals surface area contributed by atoms with Gasteiger partial charge < -0.3 is 10.6 Å². The lowest BCUT2D eigenvalue weighted by atomic mass is 10.2. The molecule has 1 unspecified atom stereocenters. The monoisotopic (exact) mass is 222 g/mol. The molecule has 1 amide bonds. The van der Waals surface area contributed by atoms with E-state index in [1.807, 2.05) is 6.07 Å². The smallest absolute Gasteiger partial charge is 0.234 e. The molecule has 0 radical (unpaired) electrons. The molecule has 2 fully saturated rings. The second-order valence-electron chi connectivity index (χ2n) is 4.53. The number of amides is 1. The molecule has 1 atom stereocenters. The minimum absolute atomic E-state index is 0.0913. The summed E-state index contributed by atoms with van der Waals surface area (Å²) in [5.74, 6) is -0.0913. The molecule has 0 aromatic heterocycles. The molecule has 1 aliphatic carbocycles. The van der Waals surface area contributed by atoms with Gasteiger partial charge in [0, 0.05) is 25.2 Å². The molecule has 1 aliphatic heterocycles. The Morgan fingerprint density at radius 1 is 1.44 bits per heavy atom. The largest absolute Gasteiger partial charge is 0.342 e. The van der Waals surface area contributed by atoms with E-state index in [2.05, 4.69) is 15.5 Å². The minimum atomic E-state index is -0.0913. The molecule has 16 heavy (non-hydrogen) atoms. The molecule has 0 aromatic carbocycles. The van der Waals surface area contributed by atoms with E-state index in [-0.39, 0.29) is 12.5 Å². The molecule has 5 heteroatoms. The zero-order chi connectivity index (χ0) is 11.4. The second kappa shape index (κ2) is 5.28. The van der Waals surface area contributed by atoms with Gasteiger partial charge in [0.05, 0.1) is 12.6 Å². The molecule has 5 nitrogen and oxygen atoms in total. The molecule has 1 saturated carbocycles. The fourth-order valence-electron chi connectivity index (χ4n) is 2.16. The van der Waals surface area contributed by atoms with Crippen LogP contribution in [0.5, 0.6) is 0 Å². The molecule has 88 valence electrons. The molecule has 2 rings (SSSR count). The molecule has 0 bridgehead atoms. The Morgan fingerprint density at radius 3 is 2.94 bits per heavy atom. The van der Waals surface area contributed by atoms with Crippen LogP contribution in [0.25, 0.3) is 0 Å². The van der Waals surface area contributed by atoms with Crippen LogP contribution in [0, 0.1) is 11.3 Å². The third-order valence-corrected chi connectivity index (χ3v) is 3.20. The predicted molar refractivity (Wildman–Crippen MR) is 59.6 cm³/mol. The molecule has 0 aromatic rings. The Bertz CT molecular complexity index is 295. The van der Waals surface area contributed by atoms with E-state index >= 15 is 0 Å². The van der Waals surface area contributed by atoms with E-state index in [1.54, 1.807) is 0 Å². The van der Waals surface area contributed by atoms with Gasteiger partial charge in [-0.05, 0) is 19.3 Å². The third kappa shape index (κ3) is 3.19. The average molecular weight is 222 g/mol. The summed E-state index contributed by atoms with van der Waals surface area (Å²) in [6.07, 6.45) is 3.81. The maximum absolute atomic E-state index is 11.2. The van der Waals surface area contributed by atoms with Crippen molar-refractivity contribution in [2.75, 3.05) is 26.2 Å². The van der Waals surface area contributed by atoms with Gasteiger partial charge in [-0.2, -0.15) is 5.26 Å². The molecular weight excluding hydrogens is 204 g/mol. The number of nitrogens with zero attached hydrogens (tertiary/aromatic N) is 2. The van der Waals surface area contributed by atoms with E-state index < -0.39 is 0 Å². The van der Waals surface area contributed by atoms with E-state index in [1.165, 1.54) is 12.8 Å². The number of carbonyl (C=O) groups is 1. The summed E-state index contributed by atoms with van der Waals surface area (Å²) in [6.45, 7) is 2.64. The van der Waals surface area contributed by atoms with Crippen molar-refractivity contribution in [3.05, 3.63) is 0 Å². The fraction of sp³-hybridized carbons (Fsp3) is 0.818. The highest BCUT2D eigenvalue weighted by molar-refractivity contribution is 5.78. The van der Waals surface area contributed by atoms with Crippen LogP contribution in [-0.2, 0) is 4.79 Å². The molecule has 1 saturated heterocycles. The summed E-state index contributed by atoms with van der Waals surface area (Å²) in [5.41, 5.74) is 0. The number of rotatable bonds is 5. The summed E-state index contributed by atoms with van der Waals surface area (Å²) in [7, 11) is 0. The SMILES string of the molecule is N#CCNC(=O)CNC1CCN(C2CC2)C1. The van der Waals surface area contributed by atoms with Crippen LogP contribution in [0.4, 0.5) is 0 Å². The molecule has 1 heterocycles. The summed E-state index contributed by atoms with van der Waals surface area (Å²) < 4.78 is 0. The second-order valence-corrected chi connectivity index (χ2v) is 4.53. The van der Waals surface area contributed by atoms with E-state index in [0.717, 1.165) is 25.6 Å². The van der Waals surface area contributed by atoms with Crippen LogP contribution in [0.2, 0.25) is 0 Å². The number of hydrogen-bond acceptors (Lipinski definition) is 4. The first-order chi connectivity index (χ1) is 7.79. The van der Waals surface area contributed by atoms with E-state index in [4.69, 9.17) is 5.26 Å². The van der Waals surface area contributed by atoms with Crippen LogP contribution < -0.4 is 10.6 Å². The molecular formula is C11H18N4O. The predicted octanol–water partition coefficient (Wildman–Crippen LogP) is -0.548. The molecule has 2 N–H and O–H groups in total. The van der Waals surface area contributed by atoms with Crippen molar-refractivity contribution in [2.45, 2.75) is 31.3 Å². The van der Waals surface area contributed by atoms with Gasteiger partial charge in [0.15, 0.2) is 0 Å². The van der Waals surface area contributed by atoms with Gasteiger partial charge in [-0.25, -0.2) is 0 Å². The van der Waals surface area contributed by atoms with Crippen molar-refractivity contribution in [1.82, 2.24) is 15.5 Å². The first-order valence-corrected chi connectivity index (χ1v) is 5.90. The van der Waals surface area contributed by atoms with Crippen molar-refractivity contribution in [2.24, 2.45) is 0 Å². The van der Waals surface area contributed by atoms with Crippen molar-refractivity contribution in [1.29, 1.82) is 5.26 Å². The summed E-state index contributed by atoms with van der Waals surface area (Å²) in [4.78, 5) is 13.8. The van der Waals surface area contributed by atoms with Crippen LogP contribution in [0.1, 0.15) is 19.3 Å². The zero-order valence-corrected chi connectivity index (χ0v) is 9.41. The lowest BCUT2D eigenvalue weighted by Crippen LogP contribution is -2.40. The summed E-state index contributed by atoms with van der Waals surface area (Å²) in [5, 5.41) is 14.1. The summed E-state index contributed by atoms with van der Waals surface area (Å²) >= 11 is 0. The first-order valence-electron chi connectivity index (χ1n) is 5.90. The zero-order valence-electron chi connectivity index (χ0n) is 9.41. The number of nitrogens with one attached hydrogen (secondary N) is 2. The van der Waals surface area contributed by atoms with Crippen molar-refractivity contribution in [3.8, 4) is 6.07 Å². The average Bonchev–Trinajstić information content (AvgIpc) is 3.03. The lowest BCUT2D eigenvalue weighted by molar-refractivity contribution is -0.120. The Kier molecular flexibility index (Phi) is 3.75. The van der Waals surface area contributed by atoms with Gasteiger partial charge in [0.1, 0.15) is 6.54 Å². The van der Waals surface area contributed by atoms with Crippen molar-refractivity contribution >= 4 is 5.91 Å². The number of carbonyl (C=O) groups excluding carboxylic acids is 1. The van der Waals surface area contributed by atoms with Gasteiger partial charge in [0.2, 0.25) is 5.91 Å². The minimum Gasteiger partial charge on any atom is -0.342 e. The topological polar surface area (TPSA) is 68.2 Å². The highest BCUT2D eigenvalue weighted by Crippen LogP contribution is 2.29. The van der Waals surface area contributed by atoms with Gasteiger partial charge >= 0.3 is 0 Å². The Morgan fingerprint density at radius 2 is 2.25 bits per heavy atom. The third-order valence-electron chi connectivity index (χ3n) is 3.20. The van der Waals surface area contributed by atoms with Crippen molar-refractivity contribution in [3.63, 3.8) is 0 Å². The number of hydrogen-bond donors (Lipinski definition) is 2. The van der Waals surface area contributed by atoms with Crippen LogP contribution in [0.15, 0.2) is 0 Å². The van der Waals surface area contributed by atoms with Gasteiger partial charge in [-0.15, -0.1) is 0 Å². The normalized spacial score (nSPS) is 25.3. The Balaban J connectivity index is 1.60. The standard InChI is InChI=1S/C11H18N4O/c12-4-5-13-11(16)7-14-9-3-6-15(8-9)10-1-2-10/h9-10,14H,1-3,5-8H2,(H,13,16). The van der Waals surface area contributed by atoms with Crippen LogP contribution >= 0.6 is 0 Å². The maximum atomic E-state index is 11.2. The first kappa shape index (κ1) is 11.4. The van der Waals surface area contributed by atoms with Crippen molar-refractivity contribution < 1.29 is 4.79 Å². The van der Waals surface area contributed by atoms with Gasteiger partial charge in [-0.3, -0.25) is 9.69 Å². The van der Waals surface area contributed by atoms with Gasteiger partial charge in [0.25, 0.3) is 0 Å². The van der Waals surface area contributed by atoms with E-state index in [9.17, 15) is 4.79 Å². The number of nitriles is 1. The summed E-state index contributed by atoms with van der Waals surface area (Å²) in [6, 6.07) is 3.15. The number of likely N-dealkylation sites (tertiary alicyclic amines) is 1. The lowest BCUT2D eigenvalue weighted by Gasteiger charge is -2.15. The highest BCUT2D eigenvalue weighted by Gasteiger charge is 2.34. The molecule has 2 aliphatic rings. The van der Waals surface area contributed by atoms with Crippen LogP contribution in [0.3, 0.4) is 0 Å². The quantitative estimate of drug-likeness (QED) is 0.613. The highest BCUT2D eigenvalue weighted by atomic mass is 16.1. The van der Waals surface area contributed by atoms with E-state index in [0.29, 0.717) is 12.6 Å². The van der Waals surface area contributed by atoms with Gasteiger partial charge in [-0.1, -0.05) is 0 Å². The van der Waals surface area contributed by atoms with Crippen LogP contribution in [-0.4, -0.2) is 49.1 Å². The molecule has 0 spiro atoms. The Hall–Kier alpha value is -1.12. The fourth-order valence-corrected chi connectivity index (χ4v) is 2.16.